The molecule has 1 aliphatic rings. The Morgan fingerprint density at radius 1 is 1.33 bits per heavy atom. The van der Waals surface area contributed by atoms with Crippen LogP contribution in [0.3, 0.4) is 0 Å². The first-order chi connectivity index (χ1) is 15.8. The molecule has 0 radical (unpaired) electrons. The highest BCUT2D eigenvalue weighted by molar-refractivity contribution is 7.12. The molecular weight excluding hydrogens is 440 g/mol. The van der Waals surface area contributed by atoms with Gasteiger partial charge in [0.2, 0.25) is 5.78 Å². The van der Waals surface area contributed by atoms with E-state index in [1.807, 2.05) is 45.0 Å². The lowest BCUT2D eigenvalue weighted by Gasteiger charge is -2.39. The topological polar surface area (TPSA) is 105 Å². The molecule has 9 heteroatoms. The maximum atomic E-state index is 13.1. The predicted octanol–water partition coefficient (Wildman–Crippen LogP) is 3.03. The number of nitrogens with zero attached hydrogens (tertiary/aromatic N) is 3. The maximum Gasteiger partial charge on any atom is 0.274 e. The molecule has 3 rings (SSSR count). The van der Waals surface area contributed by atoms with E-state index in [9.17, 15) is 14.7 Å². The quantitative estimate of drug-likeness (QED) is 0.451. The van der Waals surface area contributed by atoms with Gasteiger partial charge >= 0.3 is 0 Å². The van der Waals surface area contributed by atoms with Crippen LogP contribution in [-0.2, 0) is 20.7 Å². The number of carbonyl (C=O) groups is 2. The van der Waals surface area contributed by atoms with Gasteiger partial charge in [0, 0.05) is 26.1 Å². The van der Waals surface area contributed by atoms with Crippen LogP contribution in [0.5, 0.6) is 0 Å². The van der Waals surface area contributed by atoms with Gasteiger partial charge in [-0.1, -0.05) is 47.2 Å². The number of piperazine rings is 1. The second-order valence-electron chi connectivity index (χ2n) is 8.21. The fourth-order valence-electron chi connectivity index (χ4n) is 3.77. The van der Waals surface area contributed by atoms with Crippen LogP contribution >= 0.6 is 11.3 Å². The Labute approximate surface area is 198 Å². The van der Waals surface area contributed by atoms with Gasteiger partial charge in [0.25, 0.3) is 5.91 Å². The lowest BCUT2D eigenvalue weighted by atomic mass is 10.0. The van der Waals surface area contributed by atoms with Crippen molar-refractivity contribution >= 4 is 28.6 Å². The van der Waals surface area contributed by atoms with Gasteiger partial charge in [-0.3, -0.25) is 9.59 Å². The van der Waals surface area contributed by atoms with Crippen molar-refractivity contribution in [3.8, 4) is 0 Å². The number of nitrogens with one attached hydrogen (secondary N) is 1. The number of rotatable bonds is 8. The highest BCUT2D eigenvalue weighted by Gasteiger charge is 2.37. The molecule has 1 aromatic heterocycles. The zero-order valence-corrected chi connectivity index (χ0v) is 20.4. The van der Waals surface area contributed by atoms with Crippen LogP contribution in [0.15, 0.2) is 41.8 Å². The van der Waals surface area contributed by atoms with Gasteiger partial charge in [0.15, 0.2) is 10.8 Å². The number of benzene rings is 1. The molecule has 1 atom stereocenters. The zero-order chi connectivity index (χ0) is 24.1. The first-order valence-electron chi connectivity index (χ1n) is 10.8. The summed E-state index contributed by atoms with van der Waals surface area (Å²) in [6, 6.07) is 7.83. The van der Waals surface area contributed by atoms with E-state index in [1.54, 1.807) is 25.0 Å². The van der Waals surface area contributed by atoms with Crippen LogP contribution in [0.25, 0.3) is 5.57 Å². The predicted molar refractivity (Wildman–Crippen MR) is 128 cm³/mol. The van der Waals surface area contributed by atoms with E-state index in [-0.39, 0.29) is 23.4 Å². The number of allylic oxidation sites excluding steroid dienone is 2. The first kappa shape index (κ1) is 24.6. The summed E-state index contributed by atoms with van der Waals surface area (Å²) in [7, 11) is 1.57. The molecule has 1 aromatic carbocycles. The number of amides is 1. The molecular formula is C24H30N4O4S. The number of ether oxygens (including phenoxy) is 1. The van der Waals surface area contributed by atoms with E-state index < -0.39 is 17.4 Å². The zero-order valence-electron chi connectivity index (χ0n) is 19.6. The maximum absolute atomic E-state index is 13.1. The molecule has 1 aliphatic heterocycles. The Bertz CT molecular complexity index is 1070. The third-order valence-corrected chi connectivity index (χ3v) is 6.39. The molecule has 0 bridgehead atoms. The summed E-state index contributed by atoms with van der Waals surface area (Å²) in [5.41, 5.74) is 2.37. The van der Waals surface area contributed by atoms with Crippen LogP contribution in [-0.4, -0.2) is 64.2 Å². The molecule has 2 heterocycles. The standard InChI is InChI=1S/C24H30N4O4S/c1-6-18(23-27-26-19(33-23)11-16-9-7-15(4)8-10-16)21(29)22(30)20-24(31)28(14(2)3)17(12-25-20)13-32-5/h6-10,14,17,25,30H,11-13H2,1-5H3/b18-6+,22-20+/t17-/m1/s1. The normalized spacial score (nSPS) is 18.5. The molecule has 1 fully saturated rings. The number of Topliss-reactive ketones (excluding diaryl/α,β-unsaturated/α-hetero) is 1. The molecule has 0 saturated carbocycles. The smallest absolute Gasteiger partial charge is 0.274 e. The van der Waals surface area contributed by atoms with E-state index in [0.717, 1.165) is 10.6 Å². The number of hydrogen-bond donors (Lipinski definition) is 2. The van der Waals surface area contributed by atoms with Crippen LogP contribution < -0.4 is 5.32 Å². The van der Waals surface area contributed by atoms with Crippen molar-refractivity contribution in [3.05, 3.63) is 62.9 Å². The number of ketones is 1. The van der Waals surface area contributed by atoms with Crippen molar-refractivity contribution in [2.45, 2.75) is 46.2 Å². The molecule has 33 heavy (non-hydrogen) atoms. The average Bonchev–Trinajstić information content (AvgIpc) is 3.23. The van der Waals surface area contributed by atoms with E-state index in [2.05, 4.69) is 15.5 Å². The molecule has 2 N–H and O–H groups in total. The lowest BCUT2D eigenvalue weighted by molar-refractivity contribution is -0.135. The van der Waals surface area contributed by atoms with Gasteiger partial charge in [-0.2, -0.15) is 0 Å². The number of hydrogen-bond acceptors (Lipinski definition) is 8. The largest absolute Gasteiger partial charge is 0.503 e. The molecule has 2 aromatic rings. The van der Waals surface area contributed by atoms with E-state index >= 15 is 0 Å². The van der Waals surface area contributed by atoms with Crippen LogP contribution in [0.4, 0.5) is 0 Å². The monoisotopic (exact) mass is 470 g/mol. The van der Waals surface area contributed by atoms with Crippen molar-refractivity contribution in [3.63, 3.8) is 0 Å². The molecule has 0 spiro atoms. The SMILES string of the molecule is C/C=C(\C(=O)/C(O)=C1\NC[C@H](COC)N(C(C)C)C1=O)c1nnc(Cc2ccc(C)cc2)s1. The van der Waals surface area contributed by atoms with Gasteiger partial charge in [-0.05, 0) is 33.3 Å². The number of carbonyl (C=O) groups excluding carboxylic acids is 2. The van der Waals surface area contributed by atoms with Gasteiger partial charge in [-0.25, -0.2) is 0 Å². The van der Waals surface area contributed by atoms with Crippen LogP contribution in [0, 0.1) is 6.92 Å². The minimum absolute atomic E-state index is 0.107. The number of aliphatic hydroxyl groups is 1. The Hall–Kier alpha value is -3.04. The van der Waals surface area contributed by atoms with Crippen molar-refractivity contribution in [1.82, 2.24) is 20.4 Å². The van der Waals surface area contributed by atoms with Crippen molar-refractivity contribution in [2.24, 2.45) is 0 Å². The summed E-state index contributed by atoms with van der Waals surface area (Å²) in [5.74, 6) is -1.72. The molecule has 176 valence electrons. The lowest BCUT2D eigenvalue weighted by Crippen LogP contribution is -2.58. The second-order valence-corrected chi connectivity index (χ2v) is 9.28. The first-order valence-corrected chi connectivity index (χ1v) is 11.7. The Kier molecular flexibility index (Phi) is 7.99. The van der Waals surface area contributed by atoms with Crippen LogP contribution in [0.1, 0.15) is 41.9 Å². The fraction of sp³-hybridized carbons (Fsp3) is 0.417. The summed E-state index contributed by atoms with van der Waals surface area (Å²) < 4.78 is 5.22. The highest BCUT2D eigenvalue weighted by Crippen LogP contribution is 2.26. The summed E-state index contributed by atoms with van der Waals surface area (Å²) in [6.45, 7) is 8.22. The Morgan fingerprint density at radius 3 is 2.64 bits per heavy atom. The number of aromatic nitrogens is 2. The Balaban J connectivity index is 1.82. The molecule has 0 aliphatic carbocycles. The summed E-state index contributed by atoms with van der Waals surface area (Å²) in [5, 5.41) is 23.2. The molecule has 1 saturated heterocycles. The average molecular weight is 471 g/mol. The summed E-state index contributed by atoms with van der Waals surface area (Å²) in [4.78, 5) is 27.8. The van der Waals surface area contributed by atoms with Crippen molar-refractivity contribution < 1.29 is 19.4 Å². The van der Waals surface area contributed by atoms with E-state index in [4.69, 9.17) is 4.74 Å². The number of aliphatic hydroxyl groups excluding tert-OH is 1. The Morgan fingerprint density at radius 2 is 2.03 bits per heavy atom. The van der Waals surface area contributed by atoms with Gasteiger partial charge in [0.05, 0.1) is 18.2 Å². The summed E-state index contributed by atoms with van der Waals surface area (Å²) >= 11 is 1.29. The molecule has 1 amide bonds. The third-order valence-electron chi connectivity index (χ3n) is 5.43. The van der Waals surface area contributed by atoms with Crippen molar-refractivity contribution in [2.75, 3.05) is 20.3 Å². The highest BCUT2D eigenvalue weighted by atomic mass is 32.1. The summed E-state index contributed by atoms with van der Waals surface area (Å²) in [6.07, 6.45) is 2.18. The number of aryl methyl sites for hydroxylation is 1. The van der Waals surface area contributed by atoms with Crippen molar-refractivity contribution in [1.29, 1.82) is 0 Å². The fourth-order valence-corrected chi connectivity index (χ4v) is 4.71. The molecule has 8 nitrogen and oxygen atoms in total. The van der Waals surface area contributed by atoms with Crippen LogP contribution in [0.2, 0.25) is 0 Å². The second kappa shape index (κ2) is 10.7. The number of methoxy groups -OCH3 is 1. The van der Waals surface area contributed by atoms with Gasteiger partial charge in [0.1, 0.15) is 10.7 Å². The van der Waals surface area contributed by atoms with E-state index in [0.29, 0.717) is 24.6 Å². The minimum Gasteiger partial charge on any atom is -0.503 e. The third kappa shape index (κ3) is 5.48. The van der Waals surface area contributed by atoms with Gasteiger partial charge in [-0.15, -0.1) is 10.2 Å². The minimum atomic E-state index is -0.666. The van der Waals surface area contributed by atoms with E-state index in [1.165, 1.54) is 16.9 Å². The van der Waals surface area contributed by atoms with Gasteiger partial charge < -0.3 is 20.1 Å². The molecule has 0 unspecified atom stereocenters.